The molecule has 0 bridgehead atoms. The fraction of sp³-hybridized carbons (Fsp3) is 0.353. The normalized spacial score (nSPS) is 16.4. The molecule has 4 rings (SSSR count). The SMILES string of the molecule is COc1ccc(-c2nc(-c3nc(C4(N)CCCC4)no3)cs2)cc1. The molecule has 1 aromatic carbocycles. The van der Waals surface area contributed by atoms with E-state index in [1.54, 1.807) is 18.4 Å². The second-order valence-corrected chi connectivity index (χ2v) is 6.91. The van der Waals surface area contributed by atoms with Gasteiger partial charge in [0.05, 0.1) is 12.6 Å². The van der Waals surface area contributed by atoms with Crippen molar-refractivity contribution in [3.8, 4) is 27.9 Å². The van der Waals surface area contributed by atoms with Crippen LogP contribution in [0.4, 0.5) is 0 Å². The summed E-state index contributed by atoms with van der Waals surface area (Å²) in [5.74, 6) is 1.84. The first-order valence-corrected chi connectivity index (χ1v) is 8.79. The van der Waals surface area contributed by atoms with Crippen LogP contribution in [0.2, 0.25) is 0 Å². The smallest absolute Gasteiger partial charge is 0.277 e. The van der Waals surface area contributed by atoms with Crippen molar-refractivity contribution in [2.45, 2.75) is 31.2 Å². The van der Waals surface area contributed by atoms with E-state index in [-0.39, 0.29) is 0 Å². The van der Waals surface area contributed by atoms with Crippen LogP contribution in [-0.4, -0.2) is 22.2 Å². The average molecular weight is 342 g/mol. The van der Waals surface area contributed by atoms with E-state index in [1.807, 2.05) is 29.6 Å². The van der Waals surface area contributed by atoms with E-state index < -0.39 is 5.54 Å². The molecule has 2 N–H and O–H groups in total. The highest BCUT2D eigenvalue weighted by Gasteiger charge is 2.36. The molecule has 6 nitrogen and oxygen atoms in total. The maximum absolute atomic E-state index is 6.38. The van der Waals surface area contributed by atoms with Gasteiger partial charge in [0.25, 0.3) is 5.89 Å². The summed E-state index contributed by atoms with van der Waals surface area (Å²) in [6.45, 7) is 0. The molecule has 0 radical (unpaired) electrons. The Labute approximate surface area is 143 Å². The van der Waals surface area contributed by atoms with Crippen molar-refractivity contribution in [2.24, 2.45) is 5.73 Å². The van der Waals surface area contributed by atoms with Gasteiger partial charge in [-0.05, 0) is 37.1 Å². The molecule has 1 saturated carbocycles. The Morgan fingerprint density at radius 2 is 1.92 bits per heavy atom. The highest BCUT2D eigenvalue weighted by molar-refractivity contribution is 7.13. The van der Waals surface area contributed by atoms with Crippen LogP contribution in [-0.2, 0) is 5.54 Å². The lowest BCUT2D eigenvalue weighted by atomic mass is 9.99. The predicted octanol–water partition coefficient (Wildman–Crippen LogP) is 3.60. The first kappa shape index (κ1) is 15.3. The van der Waals surface area contributed by atoms with Gasteiger partial charge >= 0.3 is 0 Å². The third kappa shape index (κ3) is 2.70. The van der Waals surface area contributed by atoms with Gasteiger partial charge in [0.2, 0.25) is 0 Å². The zero-order valence-corrected chi connectivity index (χ0v) is 14.2. The minimum Gasteiger partial charge on any atom is -0.497 e. The molecule has 124 valence electrons. The summed E-state index contributed by atoms with van der Waals surface area (Å²) in [7, 11) is 1.65. The lowest BCUT2D eigenvalue weighted by molar-refractivity contribution is 0.372. The number of benzene rings is 1. The molecule has 1 fully saturated rings. The Balaban J connectivity index is 1.59. The van der Waals surface area contributed by atoms with Crippen molar-refractivity contribution < 1.29 is 9.26 Å². The molecule has 0 saturated heterocycles. The van der Waals surface area contributed by atoms with Crippen LogP contribution in [0.1, 0.15) is 31.5 Å². The number of hydrogen-bond acceptors (Lipinski definition) is 7. The Morgan fingerprint density at radius 1 is 1.17 bits per heavy atom. The maximum Gasteiger partial charge on any atom is 0.277 e. The molecule has 0 atom stereocenters. The molecule has 24 heavy (non-hydrogen) atoms. The Bertz CT molecular complexity index is 834. The van der Waals surface area contributed by atoms with Crippen LogP contribution in [0.3, 0.4) is 0 Å². The molecule has 0 amide bonds. The second kappa shape index (κ2) is 5.99. The number of ether oxygens (including phenoxy) is 1. The molecule has 0 aliphatic heterocycles. The number of thiazole rings is 1. The van der Waals surface area contributed by atoms with Crippen LogP contribution in [0.25, 0.3) is 22.2 Å². The molecule has 1 aliphatic carbocycles. The zero-order chi connectivity index (χ0) is 16.6. The van der Waals surface area contributed by atoms with Gasteiger partial charge in [-0.25, -0.2) is 4.98 Å². The quantitative estimate of drug-likeness (QED) is 0.779. The van der Waals surface area contributed by atoms with Crippen molar-refractivity contribution in [2.75, 3.05) is 7.11 Å². The molecule has 1 aliphatic rings. The molecule has 2 heterocycles. The maximum atomic E-state index is 6.38. The monoisotopic (exact) mass is 342 g/mol. The minimum atomic E-state index is -0.448. The lowest BCUT2D eigenvalue weighted by Gasteiger charge is -2.17. The topological polar surface area (TPSA) is 87.1 Å². The van der Waals surface area contributed by atoms with E-state index in [0.717, 1.165) is 42.0 Å². The van der Waals surface area contributed by atoms with Gasteiger partial charge in [0.15, 0.2) is 5.82 Å². The molecular weight excluding hydrogens is 324 g/mol. The second-order valence-electron chi connectivity index (χ2n) is 6.05. The van der Waals surface area contributed by atoms with E-state index in [4.69, 9.17) is 15.0 Å². The van der Waals surface area contributed by atoms with E-state index in [1.165, 1.54) is 0 Å². The van der Waals surface area contributed by atoms with Crippen molar-refractivity contribution >= 4 is 11.3 Å². The fourth-order valence-electron chi connectivity index (χ4n) is 3.00. The first-order chi connectivity index (χ1) is 11.7. The first-order valence-electron chi connectivity index (χ1n) is 7.91. The summed E-state index contributed by atoms with van der Waals surface area (Å²) in [5, 5.41) is 6.91. The number of nitrogens with zero attached hydrogens (tertiary/aromatic N) is 3. The highest BCUT2D eigenvalue weighted by Crippen LogP contribution is 2.36. The van der Waals surface area contributed by atoms with Crippen LogP contribution >= 0.6 is 11.3 Å². The third-order valence-electron chi connectivity index (χ3n) is 4.43. The van der Waals surface area contributed by atoms with E-state index in [0.29, 0.717) is 17.4 Å². The van der Waals surface area contributed by atoms with E-state index >= 15 is 0 Å². The molecule has 0 spiro atoms. The van der Waals surface area contributed by atoms with Gasteiger partial charge < -0.3 is 15.0 Å². The number of methoxy groups -OCH3 is 1. The minimum absolute atomic E-state index is 0.428. The van der Waals surface area contributed by atoms with Gasteiger partial charge in [-0.1, -0.05) is 18.0 Å². The van der Waals surface area contributed by atoms with Gasteiger partial charge in [0.1, 0.15) is 16.5 Å². The van der Waals surface area contributed by atoms with E-state index in [9.17, 15) is 0 Å². The number of rotatable bonds is 4. The summed E-state index contributed by atoms with van der Waals surface area (Å²) in [6, 6.07) is 7.79. The molecule has 0 unspecified atom stereocenters. The average Bonchev–Trinajstić information content (AvgIpc) is 3.35. The van der Waals surface area contributed by atoms with Crippen LogP contribution in [0, 0.1) is 0 Å². The highest BCUT2D eigenvalue weighted by atomic mass is 32.1. The van der Waals surface area contributed by atoms with Crippen molar-refractivity contribution in [1.82, 2.24) is 15.1 Å². The molecule has 3 aromatic rings. The van der Waals surface area contributed by atoms with E-state index in [2.05, 4.69) is 15.1 Å². The van der Waals surface area contributed by atoms with Crippen molar-refractivity contribution in [3.05, 3.63) is 35.5 Å². The largest absolute Gasteiger partial charge is 0.497 e. The Morgan fingerprint density at radius 3 is 2.62 bits per heavy atom. The van der Waals surface area contributed by atoms with Gasteiger partial charge in [-0.3, -0.25) is 0 Å². The number of nitrogens with two attached hydrogens (primary N) is 1. The summed E-state index contributed by atoms with van der Waals surface area (Å²) < 4.78 is 10.6. The molecule has 2 aromatic heterocycles. The zero-order valence-electron chi connectivity index (χ0n) is 13.4. The third-order valence-corrected chi connectivity index (χ3v) is 5.32. The van der Waals surface area contributed by atoms with Gasteiger partial charge in [-0.15, -0.1) is 11.3 Å². The number of aromatic nitrogens is 3. The standard InChI is InChI=1S/C17H18N4O2S/c1-22-12-6-4-11(5-7-12)15-19-13(10-24-15)14-20-16(21-23-14)17(18)8-2-3-9-17/h4-7,10H,2-3,8-9,18H2,1H3. The Hall–Kier alpha value is -2.25. The van der Waals surface area contributed by atoms with Gasteiger partial charge in [-0.2, -0.15) is 4.98 Å². The van der Waals surface area contributed by atoms with Crippen LogP contribution < -0.4 is 10.5 Å². The van der Waals surface area contributed by atoms with Crippen LogP contribution in [0.15, 0.2) is 34.2 Å². The van der Waals surface area contributed by atoms with Crippen molar-refractivity contribution in [3.63, 3.8) is 0 Å². The fourth-order valence-corrected chi connectivity index (χ4v) is 3.80. The summed E-state index contributed by atoms with van der Waals surface area (Å²) in [6.07, 6.45) is 4.03. The molecule has 7 heteroatoms. The lowest BCUT2D eigenvalue weighted by Crippen LogP contribution is -2.34. The van der Waals surface area contributed by atoms with Gasteiger partial charge in [0, 0.05) is 10.9 Å². The Kier molecular flexibility index (Phi) is 3.82. The predicted molar refractivity (Wildman–Crippen MR) is 91.7 cm³/mol. The summed E-state index contributed by atoms with van der Waals surface area (Å²) in [4.78, 5) is 9.10. The summed E-state index contributed by atoms with van der Waals surface area (Å²) >= 11 is 1.54. The molecular formula is C17H18N4O2S. The summed E-state index contributed by atoms with van der Waals surface area (Å²) in [5.41, 5.74) is 7.64. The van der Waals surface area contributed by atoms with Crippen LogP contribution in [0.5, 0.6) is 5.75 Å². The van der Waals surface area contributed by atoms with Crippen molar-refractivity contribution in [1.29, 1.82) is 0 Å². The number of hydrogen-bond donors (Lipinski definition) is 1.